The highest BCUT2D eigenvalue weighted by atomic mass is 16.5. The number of carbonyl (C=O) groups is 1. The first-order valence-electron chi connectivity index (χ1n) is 8.16. The van der Waals surface area contributed by atoms with E-state index in [-0.39, 0.29) is 18.1 Å². The molecule has 2 fully saturated rings. The SMILES string of the molecule is CO[C@@H]1CN(C(=O)Nc2cccc(C3CC3)n2)C[C@H]1c1cn[nH]n1. The van der Waals surface area contributed by atoms with Gasteiger partial charge in [-0.05, 0) is 25.0 Å². The molecule has 2 aromatic rings. The van der Waals surface area contributed by atoms with Gasteiger partial charge in [0, 0.05) is 31.8 Å². The van der Waals surface area contributed by atoms with Crippen molar-refractivity contribution < 1.29 is 9.53 Å². The van der Waals surface area contributed by atoms with Crippen molar-refractivity contribution in [3.8, 4) is 0 Å². The molecule has 3 heterocycles. The van der Waals surface area contributed by atoms with Gasteiger partial charge in [-0.1, -0.05) is 6.07 Å². The quantitative estimate of drug-likeness (QED) is 0.891. The predicted octanol–water partition coefficient (Wildman–Crippen LogP) is 1.72. The number of aromatic nitrogens is 4. The Labute approximate surface area is 139 Å². The number of H-pyrrole nitrogens is 1. The first-order valence-corrected chi connectivity index (χ1v) is 8.16. The number of anilines is 1. The fourth-order valence-electron chi connectivity index (χ4n) is 3.17. The molecule has 1 aliphatic heterocycles. The number of hydrogen-bond donors (Lipinski definition) is 2. The van der Waals surface area contributed by atoms with Gasteiger partial charge in [-0.3, -0.25) is 5.32 Å². The normalized spacial score (nSPS) is 23.5. The number of amides is 2. The van der Waals surface area contributed by atoms with Gasteiger partial charge in [-0.25, -0.2) is 9.78 Å². The van der Waals surface area contributed by atoms with E-state index in [1.807, 2.05) is 18.2 Å². The predicted molar refractivity (Wildman–Crippen MR) is 86.7 cm³/mol. The van der Waals surface area contributed by atoms with Crippen LogP contribution in [-0.2, 0) is 4.74 Å². The average molecular weight is 328 g/mol. The second-order valence-corrected chi connectivity index (χ2v) is 6.33. The van der Waals surface area contributed by atoms with E-state index in [9.17, 15) is 4.79 Å². The lowest BCUT2D eigenvalue weighted by atomic mass is 10.0. The van der Waals surface area contributed by atoms with Gasteiger partial charge in [0.05, 0.1) is 23.9 Å². The van der Waals surface area contributed by atoms with Crippen LogP contribution >= 0.6 is 0 Å². The fraction of sp³-hybridized carbons (Fsp3) is 0.500. The number of rotatable bonds is 4. The lowest BCUT2D eigenvalue weighted by Crippen LogP contribution is -2.34. The Bertz CT molecular complexity index is 715. The zero-order valence-corrected chi connectivity index (χ0v) is 13.5. The van der Waals surface area contributed by atoms with Crippen LogP contribution in [0.1, 0.15) is 36.1 Å². The molecule has 8 heteroatoms. The van der Waals surface area contributed by atoms with Crippen molar-refractivity contribution in [1.82, 2.24) is 25.3 Å². The Balaban J connectivity index is 1.44. The molecule has 126 valence electrons. The van der Waals surface area contributed by atoms with E-state index < -0.39 is 0 Å². The van der Waals surface area contributed by atoms with E-state index in [0.29, 0.717) is 24.8 Å². The first kappa shape index (κ1) is 15.1. The van der Waals surface area contributed by atoms with Crippen LogP contribution in [0.4, 0.5) is 10.6 Å². The Morgan fingerprint density at radius 3 is 2.92 bits per heavy atom. The Hall–Kier alpha value is -2.48. The molecule has 0 unspecified atom stereocenters. The van der Waals surface area contributed by atoms with Crippen LogP contribution in [-0.4, -0.2) is 57.6 Å². The van der Waals surface area contributed by atoms with Crippen molar-refractivity contribution in [2.75, 3.05) is 25.5 Å². The average Bonchev–Trinajstić information content (AvgIpc) is 3.13. The van der Waals surface area contributed by atoms with Crippen LogP contribution < -0.4 is 5.32 Å². The highest BCUT2D eigenvalue weighted by Gasteiger charge is 2.38. The molecule has 1 saturated carbocycles. The zero-order valence-electron chi connectivity index (χ0n) is 13.5. The van der Waals surface area contributed by atoms with E-state index in [2.05, 4.69) is 25.7 Å². The zero-order chi connectivity index (χ0) is 16.5. The highest BCUT2D eigenvalue weighted by molar-refractivity contribution is 5.88. The van der Waals surface area contributed by atoms with Crippen LogP contribution in [0.25, 0.3) is 0 Å². The third-order valence-electron chi connectivity index (χ3n) is 4.67. The number of ether oxygens (including phenoxy) is 1. The summed E-state index contributed by atoms with van der Waals surface area (Å²) in [5.74, 6) is 1.18. The van der Waals surface area contributed by atoms with Gasteiger partial charge in [0.15, 0.2) is 0 Å². The number of likely N-dealkylation sites (tertiary alicyclic amines) is 1. The molecule has 1 saturated heterocycles. The Morgan fingerprint density at radius 1 is 1.33 bits per heavy atom. The molecule has 4 rings (SSSR count). The van der Waals surface area contributed by atoms with Crippen molar-refractivity contribution in [3.63, 3.8) is 0 Å². The van der Waals surface area contributed by atoms with E-state index >= 15 is 0 Å². The lowest BCUT2D eigenvalue weighted by molar-refractivity contribution is 0.0987. The largest absolute Gasteiger partial charge is 0.379 e. The molecule has 0 aromatic carbocycles. The number of nitrogens with zero attached hydrogens (tertiary/aromatic N) is 4. The summed E-state index contributed by atoms with van der Waals surface area (Å²) in [4.78, 5) is 18.8. The molecule has 1 aliphatic carbocycles. The van der Waals surface area contributed by atoms with Crippen molar-refractivity contribution in [2.45, 2.75) is 30.8 Å². The molecular weight excluding hydrogens is 308 g/mol. The van der Waals surface area contributed by atoms with E-state index in [1.165, 1.54) is 12.8 Å². The van der Waals surface area contributed by atoms with Gasteiger partial charge in [-0.15, -0.1) is 0 Å². The van der Waals surface area contributed by atoms with Crippen LogP contribution in [0.2, 0.25) is 0 Å². The van der Waals surface area contributed by atoms with Crippen molar-refractivity contribution in [1.29, 1.82) is 0 Å². The minimum Gasteiger partial charge on any atom is -0.379 e. The summed E-state index contributed by atoms with van der Waals surface area (Å²) in [6, 6.07) is 5.62. The number of carbonyl (C=O) groups excluding carboxylic acids is 1. The van der Waals surface area contributed by atoms with Gasteiger partial charge in [0.1, 0.15) is 5.82 Å². The van der Waals surface area contributed by atoms with Gasteiger partial charge in [0.2, 0.25) is 0 Å². The lowest BCUT2D eigenvalue weighted by Gasteiger charge is -2.16. The summed E-state index contributed by atoms with van der Waals surface area (Å²) in [5, 5.41) is 13.5. The van der Waals surface area contributed by atoms with Crippen molar-refractivity contribution in [2.24, 2.45) is 0 Å². The topological polar surface area (TPSA) is 96.0 Å². The number of methoxy groups -OCH3 is 1. The Morgan fingerprint density at radius 2 is 2.21 bits per heavy atom. The van der Waals surface area contributed by atoms with E-state index in [4.69, 9.17) is 4.74 Å². The van der Waals surface area contributed by atoms with Crippen LogP contribution in [0, 0.1) is 0 Å². The van der Waals surface area contributed by atoms with E-state index in [1.54, 1.807) is 18.2 Å². The maximum absolute atomic E-state index is 12.6. The van der Waals surface area contributed by atoms with Crippen molar-refractivity contribution in [3.05, 3.63) is 35.8 Å². The molecular formula is C16H20N6O2. The molecule has 24 heavy (non-hydrogen) atoms. The summed E-state index contributed by atoms with van der Waals surface area (Å²) in [5.41, 5.74) is 1.87. The monoisotopic (exact) mass is 328 g/mol. The number of nitrogens with one attached hydrogen (secondary N) is 2. The van der Waals surface area contributed by atoms with E-state index in [0.717, 1.165) is 11.4 Å². The molecule has 0 spiro atoms. The summed E-state index contributed by atoms with van der Waals surface area (Å²) in [7, 11) is 1.65. The second kappa shape index (κ2) is 6.20. The smallest absolute Gasteiger partial charge is 0.323 e. The molecule has 2 atom stereocenters. The summed E-state index contributed by atoms with van der Waals surface area (Å²) in [6.07, 6.45) is 3.96. The molecule has 2 N–H and O–H groups in total. The molecule has 0 bridgehead atoms. The maximum Gasteiger partial charge on any atom is 0.323 e. The number of pyridine rings is 1. The van der Waals surface area contributed by atoms with Gasteiger partial charge >= 0.3 is 6.03 Å². The first-order chi connectivity index (χ1) is 11.7. The van der Waals surface area contributed by atoms with Gasteiger partial charge in [0.25, 0.3) is 0 Å². The van der Waals surface area contributed by atoms with Crippen LogP contribution in [0.3, 0.4) is 0 Å². The molecule has 2 aromatic heterocycles. The fourth-order valence-corrected chi connectivity index (χ4v) is 3.17. The minimum absolute atomic E-state index is 0.0188. The Kier molecular flexibility index (Phi) is 3.89. The van der Waals surface area contributed by atoms with Crippen LogP contribution in [0.5, 0.6) is 0 Å². The number of urea groups is 1. The van der Waals surface area contributed by atoms with Gasteiger partial charge in [-0.2, -0.15) is 15.4 Å². The van der Waals surface area contributed by atoms with Crippen molar-refractivity contribution >= 4 is 11.8 Å². The maximum atomic E-state index is 12.6. The van der Waals surface area contributed by atoms with Crippen LogP contribution in [0.15, 0.2) is 24.4 Å². The third-order valence-corrected chi connectivity index (χ3v) is 4.67. The highest BCUT2D eigenvalue weighted by Crippen LogP contribution is 2.39. The third kappa shape index (κ3) is 2.96. The summed E-state index contributed by atoms with van der Waals surface area (Å²) < 4.78 is 5.52. The molecule has 2 amide bonds. The molecule has 0 radical (unpaired) electrons. The summed E-state index contributed by atoms with van der Waals surface area (Å²) in [6.45, 7) is 1.06. The number of hydrogen-bond acceptors (Lipinski definition) is 5. The number of aromatic amines is 1. The molecule has 2 aliphatic rings. The summed E-state index contributed by atoms with van der Waals surface area (Å²) >= 11 is 0. The standard InChI is InChI=1S/C16H20N6O2/c1-24-14-9-22(8-11(14)13-7-17-21-20-13)16(23)19-15-4-2-3-12(18-15)10-5-6-10/h2-4,7,10-11,14H,5-6,8-9H2,1H3,(H,17,20,21)(H,18,19,23)/t11-,14+/m0/s1. The second-order valence-electron chi connectivity index (χ2n) is 6.33. The minimum atomic E-state index is -0.163. The van der Waals surface area contributed by atoms with Gasteiger partial charge < -0.3 is 9.64 Å². The molecule has 8 nitrogen and oxygen atoms in total.